The number of rotatable bonds is 7. The predicted molar refractivity (Wildman–Crippen MR) is 89.2 cm³/mol. The van der Waals surface area contributed by atoms with Crippen LogP contribution in [0.1, 0.15) is 31.7 Å². The lowest BCUT2D eigenvalue weighted by Gasteiger charge is -2.29. The lowest BCUT2D eigenvalue weighted by Crippen LogP contribution is -2.45. The second-order valence-corrected chi connectivity index (χ2v) is 7.95. The van der Waals surface area contributed by atoms with Crippen molar-refractivity contribution < 1.29 is 21.6 Å². The van der Waals surface area contributed by atoms with Crippen molar-refractivity contribution >= 4 is 16.0 Å². The number of hydrogen-bond acceptors (Lipinski definition) is 4. The van der Waals surface area contributed by atoms with Gasteiger partial charge in [0.05, 0.1) is 5.56 Å². The topological polar surface area (TPSA) is 74.3 Å². The van der Waals surface area contributed by atoms with Gasteiger partial charge in [-0.05, 0) is 37.3 Å². The van der Waals surface area contributed by atoms with Gasteiger partial charge in [0.15, 0.2) is 0 Å². The van der Waals surface area contributed by atoms with Gasteiger partial charge in [0.1, 0.15) is 5.82 Å². The van der Waals surface area contributed by atoms with Crippen LogP contribution in [0.15, 0.2) is 18.3 Å². The van der Waals surface area contributed by atoms with Crippen molar-refractivity contribution in [1.29, 1.82) is 0 Å². The van der Waals surface area contributed by atoms with Crippen LogP contribution in [-0.2, 0) is 16.4 Å². The third kappa shape index (κ3) is 6.12. The molecular weight excluding hydrogens is 357 g/mol. The smallest absolute Gasteiger partial charge is 0.370 e. The Morgan fingerprint density at radius 1 is 1.24 bits per heavy atom. The maximum absolute atomic E-state index is 12.4. The molecule has 2 rings (SSSR count). The summed E-state index contributed by atoms with van der Waals surface area (Å²) in [6.45, 7) is 3.83. The minimum atomic E-state index is -4.41. The number of nitrogens with zero attached hydrogens (tertiary/aromatic N) is 2. The molecule has 0 radical (unpaired) electrons. The third-order valence-electron chi connectivity index (χ3n) is 4.12. The molecule has 0 aromatic carbocycles. The van der Waals surface area contributed by atoms with Crippen molar-refractivity contribution in [1.82, 2.24) is 14.0 Å². The van der Waals surface area contributed by atoms with E-state index in [0.717, 1.165) is 25.1 Å². The number of aromatic nitrogens is 1. The van der Waals surface area contributed by atoms with Crippen LogP contribution in [0.5, 0.6) is 0 Å². The van der Waals surface area contributed by atoms with Crippen LogP contribution in [0.2, 0.25) is 0 Å². The number of anilines is 1. The Morgan fingerprint density at radius 2 is 1.92 bits per heavy atom. The average molecular weight is 380 g/mol. The second kappa shape index (κ2) is 8.33. The monoisotopic (exact) mass is 380 g/mol. The Balaban J connectivity index is 1.69. The lowest BCUT2D eigenvalue weighted by atomic mass is 10.0. The molecule has 0 aliphatic carbocycles. The molecule has 1 aliphatic heterocycles. The van der Waals surface area contributed by atoms with Crippen molar-refractivity contribution in [3.05, 3.63) is 23.9 Å². The summed E-state index contributed by atoms with van der Waals surface area (Å²) in [7, 11) is -3.46. The van der Waals surface area contributed by atoms with E-state index in [4.69, 9.17) is 0 Å². The van der Waals surface area contributed by atoms with Gasteiger partial charge in [-0.2, -0.15) is 25.9 Å². The normalized spacial score (nSPS) is 17.6. The van der Waals surface area contributed by atoms with Crippen LogP contribution in [0.4, 0.5) is 19.0 Å². The van der Waals surface area contributed by atoms with Gasteiger partial charge in [-0.1, -0.05) is 6.92 Å². The zero-order valence-electron chi connectivity index (χ0n) is 14.0. The summed E-state index contributed by atoms with van der Waals surface area (Å²) in [5, 5.41) is 2.87. The van der Waals surface area contributed by atoms with E-state index >= 15 is 0 Å². The lowest BCUT2D eigenvalue weighted by molar-refractivity contribution is -0.137. The maximum atomic E-state index is 12.4. The van der Waals surface area contributed by atoms with Crippen LogP contribution >= 0.6 is 0 Å². The molecule has 0 bridgehead atoms. The van der Waals surface area contributed by atoms with Crippen LogP contribution in [0.3, 0.4) is 0 Å². The largest absolute Gasteiger partial charge is 0.417 e. The van der Waals surface area contributed by atoms with Gasteiger partial charge >= 0.3 is 6.18 Å². The first kappa shape index (κ1) is 19.9. The number of alkyl halides is 3. The molecule has 0 spiro atoms. The molecule has 1 saturated heterocycles. The zero-order chi connectivity index (χ0) is 18.5. The van der Waals surface area contributed by atoms with Gasteiger partial charge < -0.3 is 5.32 Å². The van der Waals surface area contributed by atoms with Crippen LogP contribution in [0.25, 0.3) is 0 Å². The molecule has 2 N–H and O–H groups in total. The average Bonchev–Trinajstić information content (AvgIpc) is 2.54. The van der Waals surface area contributed by atoms with Gasteiger partial charge in [0.2, 0.25) is 0 Å². The molecule has 142 valence electrons. The number of nitrogens with one attached hydrogen (secondary N) is 2. The second-order valence-electron chi connectivity index (χ2n) is 6.19. The van der Waals surface area contributed by atoms with Gasteiger partial charge in [0, 0.05) is 32.4 Å². The molecule has 1 aromatic rings. The van der Waals surface area contributed by atoms with E-state index < -0.39 is 21.9 Å². The minimum absolute atomic E-state index is 0.252. The first-order chi connectivity index (χ1) is 11.7. The highest BCUT2D eigenvalue weighted by atomic mass is 32.2. The van der Waals surface area contributed by atoms with Gasteiger partial charge in [-0.15, -0.1) is 0 Å². The van der Waals surface area contributed by atoms with Gasteiger partial charge in [-0.3, -0.25) is 0 Å². The van der Waals surface area contributed by atoms with Crippen LogP contribution in [-0.4, -0.2) is 43.9 Å². The molecule has 0 amide bonds. The Morgan fingerprint density at radius 3 is 2.48 bits per heavy atom. The molecule has 6 nitrogen and oxygen atoms in total. The van der Waals surface area contributed by atoms with E-state index in [0.29, 0.717) is 37.8 Å². The maximum Gasteiger partial charge on any atom is 0.417 e. The van der Waals surface area contributed by atoms with Crippen molar-refractivity contribution in [3.63, 3.8) is 0 Å². The standard InChI is InChI=1S/C15H23F3N4O2S/c1-12-5-9-22(10-6-12)25(23,24)21-8-2-7-19-14-4-3-13(11-20-14)15(16,17)18/h3-4,11-12,21H,2,5-10H2,1H3,(H,19,20). The fraction of sp³-hybridized carbons (Fsp3) is 0.667. The summed E-state index contributed by atoms with van der Waals surface area (Å²) in [5.41, 5.74) is -0.804. The van der Waals surface area contributed by atoms with E-state index in [1.54, 1.807) is 0 Å². The Labute approximate surface area is 146 Å². The number of hydrogen-bond donors (Lipinski definition) is 2. The summed E-state index contributed by atoms with van der Waals surface area (Å²) in [6.07, 6.45) is -1.42. The quantitative estimate of drug-likeness (QED) is 0.713. The molecule has 25 heavy (non-hydrogen) atoms. The van der Waals surface area contributed by atoms with Gasteiger partial charge in [0.25, 0.3) is 10.2 Å². The molecule has 1 aliphatic rings. The Kier molecular flexibility index (Phi) is 6.64. The van der Waals surface area contributed by atoms with Gasteiger partial charge in [-0.25, -0.2) is 9.71 Å². The summed E-state index contributed by atoms with van der Waals surface area (Å²) in [6, 6.07) is 2.21. The van der Waals surface area contributed by atoms with Crippen molar-refractivity contribution in [2.75, 3.05) is 31.5 Å². The summed E-state index contributed by atoms with van der Waals surface area (Å²) in [5.74, 6) is 0.868. The molecule has 1 aromatic heterocycles. The zero-order valence-corrected chi connectivity index (χ0v) is 14.8. The molecule has 0 saturated carbocycles. The molecular formula is C15H23F3N4O2S. The number of piperidine rings is 1. The Hall–Kier alpha value is -1.39. The summed E-state index contributed by atoms with van der Waals surface area (Å²) < 4.78 is 65.6. The van der Waals surface area contributed by atoms with Crippen molar-refractivity contribution in [3.8, 4) is 0 Å². The molecule has 2 heterocycles. The van der Waals surface area contributed by atoms with E-state index in [1.807, 2.05) is 0 Å². The number of halogens is 3. The fourth-order valence-electron chi connectivity index (χ4n) is 2.49. The van der Waals surface area contributed by atoms with E-state index in [1.165, 1.54) is 10.4 Å². The minimum Gasteiger partial charge on any atom is -0.370 e. The van der Waals surface area contributed by atoms with Crippen LogP contribution in [0, 0.1) is 5.92 Å². The highest BCUT2D eigenvalue weighted by Crippen LogP contribution is 2.28. The van der Waals surface area contributed by atoms with E-state index in [-0.39, 0.29) is 6.54 Å². The number of pyridine rings is 1. The Bertz CT molecular complexity index is 642. The first-order valence-electron chi connectivity index (χ1n) is 8.20. The summed E-state index contributed by atoms with van der Waals surface area (Å²) >= 11 is 0. The highest BCUT2D eigenvalue weighted by Gasteiger charge is 2.30. The molecule has 0 atom stereocenters. The van der Waals surface area contributed by atoms with Crippen molar-refractivity contribution in [2.45, 2.75) is 32.4 Å². The molecule has 10 heteroatoms. The third-order valence-corrected chi connectivity index (χ3v) is 5.73. The first-order valence-corrected chi connectivity index (χ1v) is 9.64. The summed E-state index contributed by atoms with van der Waals surface area (Å²) in [4.78, 5) is 3.69. The van der Waals surface area contributed by atoms with Crippen LogP contribution < -0.4 is 10.0 Å². The highest BCUT2D eigenvalue weighted by molar-refractivity contribution is 7.87. The fourth-order valence-corrected chi connectivity index (χ4v) is 3.77. The predicted octanol–water partition coefficient (Wildman–Crippen LogP) is 2.47. The van der Waals surface area contributed by atoms with E-state index in [9.17, 15) is 21.6 Å². The molecule has 0 unspecified atom stereocenters. The van der Waals surface area contributed by atoms with E-state index in [2.05, 4.69) is 21.9 Å². The SMILES string of the molecule is CC1CCN(S(=O)(=O)NCCCNc2ccc(C(F)(F)F)cn2)CC1. The molecule has 1 fully saturated rings. The van der Waals surface area contributed by atoms with Crippen molar-refractivity contribution in [2.24, 2.45) is 5.92 Å².